The van der Waals surface area contributed by atoms with E-state index in [0.717, 1.165) is 25.0 Å². The maximum absolute atomic E-state index is 12.2. The zero-order chi connectivity index (χ0) is 11.4. The number of carbonyl (C=O) groups excluding carboxylic acids is 1. The van der Waals surface area contributed by atoms with Crippen LogP contribution in [0.25, 0.3) is 0 Å². The van der Waals surface area contributed by atoms with Gasteiger partial charge in [0.25, 0.3) is 5.91 Å². The van der Waals surface area contributed by atoms with Crippen molar-refractivity contribution >= 4 is 5.91 Å². The molecule has 3 heteroatoms. The van der Waals surface area contributed by atoms with Gasteiger partial charge in [0.05, 0.1) is 18.4 Å². The molecule has 3 nitrogen and oxygen atoms in total. The fraction of sp³-hybridized carbons (Fsp3) is 0.750. The van der Waals surface area contributed by atoms with Gasteiger partial charge in [-0.1, -0.05) is 0 Å². The number of hydrogen-bond acceptors (Lipinski definition) is 2. The standard InChI is InChI=1S/C12H21NO2/c1-9(2)13(10(3)4)12(14)11-6-5-7-15-8-11/h8-10H,5-7H2,1-4H3. The molecule has 0 aromatic heterocycles. The normalized spacial score (nSPS) is 16.3. The molecule has 0 saturated heterocycles. The Kier molecular flexibility index (Phi) is 4.18. The Labute approximate surface area is 92.1 Å². The molecular formula is C12H21NO2. The minimum atomic E-state index is 0.125. The summed E-state index contributed by atoms with van der Waals surface area (Å²) < 4.78 is 5.20. The van der Waals surface area contributed by atoms with Crippen molar-refractivity contribution < 1.29 is 9.53 Å². The number of carbonyl (C=O) groups is 1. The fourth-order valence-electron chi connectivity index (χ4n) is 1.95. The molecule has 0 fully saturated rings. The van der Waals surface area contributed by atoms with Crippen LogP contribution in [-0.2, 0) is 9.53 Å². The number of amides is 1. The van der Waals surface area contributed by atoms with Crippen LogP contribution in [0.15, 0.2) is 11.8 Å². The monoisotopic (exact) mass is 211 g/mol. The lowest BCUT2D eigenvalue weighted by atomic mass is 10.1. The summed E-state index contributed by atoms with van der Waals surface area (Å²) in [5, 5.41) is 0. The van der Waals surface area contributed by atoms with Gasteiger partial charge in [-0.3, -0.25) is 4.79 Å². The second-order valence-electron chi connectivity index (χ2n) is 4.52. The van der Waals surface area contributed by atoms with E-state index in [-0.39, 0.29) is 18.0 Å². The Morgan fingerprint density at radius 3 is 2.33 bits per heavy atom. The minimum absolute atomic E-state index is 0.125. The van der Waals surface area contributed by atoms with Crippen LogP contribution in [0.4, 0.5) is 0 Å². The van der Waals surface area contributed by atoms with Crippen LogP contribution in [0.2, 0.25) is 0 Å². The van der Waals surface area contributed by atoms with E-state index in [9.17, 15) is 4.79 Å². The quantitative estimate of drug-likeness (QED) is 0.717. The summed E-state index contributed by atoms with van der Waals surface area (Å²) in [6.45, 7) is 8.91. The Bertz CT molecular complexity index is 248. The zero-order valence-corrected chi connectivity index (χ0v) is 10.1. The summed E-state index contributed by atoms with van der Waals surface area (Å²) in [5.41, 5.74) is 0.809. The van der Waals surface area contributed by atoms with Crippen molar-refractivity contribution in [2.75, 3.05) is 6.61 Å². The number of hydrogen-bond donors (Lipinski definition) is 0. The number of nitrogens with zero attached hydrogens (tertiary/aromatic N) is 1. The minimum Gasteiger partial charge on any atom is -0.501 e. The van der Waals surface area contributed by atoms with Gasteiger partial charge in [-0.05, 0) is 40.5 Å². The molecule has 0 aliphatic carbocycles. The van der Waals surface area contributed by atoms with Gasteiger partial charge in [0, 0.05) is 12.1 Å². The van der Waals surface area contributed by atoms with E-state index < -0.39 is 0 Å². The predicted octanol–water partition coefficient (Wildman–Crippen LogP) is 2.33. The third-order valence-corrected chi connectivity index (χ3v) is 2.56. The van der Waals surface area contributed by atoms with Crippen molar-refractivity contribution in [3.63, 3.8) is 0 Å². The van der Waals surface area contributed by atoms with E-state index >= 15 is 0 Å². The number of ether oxygens (including phenoxy) is 1. The summed E-state index contributed by atoms with van der Waals surface area (Å²) in [6, 6.07) is 0.473. The molecule has 0 unspecified atom stereocenters. The highest BCUT2D eigenvalue weighted by atomic mass is 16.5. The molecule has 1 aliphatic heterocycles. The van der Waals surface area contributed by atoms with Gasteiger partial charge in [-0.2, -0.15) is 0 Å². The van der Waals surface area contributed by atoms with Crippen LogP contribution >= 0.6 is 0 Å². The molecule has 0 bridgehead atoms. The first-order chi connectivity index (χ1) is 7.04. The first kappa shape index (κ1) is 12.1. The van der Waals surface area contributed by atoms with Gasteiger partial charge < -0.3 is 9.64 Å². The van der Waals surface area contributed by atoms with Gasteiger partial charge >= 0.3 is 0 Å². The van der Waals surface area contributed by atoms with Crippen LogP contribution in [0.1, 0.15) is 40.5 Å². The van der Waals surface area contributed by atoms with Crippen LogP contribution in [0.3, 0.4) is 0 Å². The van der Waals surface area contributed by atoms with E-state index in [0.29, 0.717) is 0 Å². The van der Waals surface area contributed by atoms with Gasteiger partial charge in [-0.15, -0.1) is 0 Å². The fourth-order valence-corrected chi connectivity index (χ4v) is 1.95. The average molecular weight is 211 g/mol. The lowest BCUT2D eigenvalue weighted by Gasteiger charge is -2.32. The van der Waals surface area contributed by atoms with E-state index in [2.05, 4.69) is 0 Å². The van der Waals surface area contributed by atoms with Crippen molar-refractivity contribution in [1.29, 1.82) is 0 Å². The van der Waals surface area contributed by atoms with Crippen molar-refractivity contribution in [3.05, 3.63) is 11.8 Å². The summed E-state index contributed by atoms with van der Waals surface area (Å²) in [7, 11) is 0. The van der Waals surface area contributed by atoms with Crippen molar-refractivity contribution in [2.24, 2.45) is 0 Å². The van der Waals surface area contributed by atoms with Gasteiger partial charge in [0.15, 0.2) is 0 Å². The molecular weight excluding hydrogens is 190 g/mol. The average Bonchev–Trinajstić information content (AvgIpc) is 2.18. The SMILES string of the molecule is CC(C)N(C(=O)C1=COCCC1)C(C)C. The Balaban J connectivity index is 2.75. The maximum Gasteiger partial charge on any atom is 0.253 e. The highest BCUT2D eigenvalue weighted by molar-refractivity contribution is 5.93. The molecule has 1 aliphatic rings. The van der Waals surface area contributed by atoms with Crippen LogP contribution in [0, 0.1) is 0 Å². The molecule has 1 rings (SSSR count). The third-order valence-electron chi connectivity index (χ3n) is 2.56. The topological polar surface area (TPSA) is 29.5 Å². The molecule has 0 N–H and O–H groups in total. The highest BCUT2D eigenvalue weighted by Gasteiger charge is 2.24. The molecule has 0 spiro atoms. The maximum atomic E-state index is 12.2. The second-order valence-corrected chi connectivity index (χ2v) is 4.52. The lowest BCUT2D eigenvalue weighted by molar-refractivity contribution is -0.131. The molecule has 0 aromatic carbocycles. The summed E-state index contributed by atoms with van der Waals surface area (Å²) >= 11 is 0. The summed E-state index contributed by atoms with van der Waals surface area (Å²) in [4.78, 5) is 14.1. The molecule has 0 radical (unpaired) electrons. The molecule has 0 aromatic rings. The molecule has 86 valence electrons. The first-order valence-electron chi connectivity index (χ1n) is 5.67. The molecule has 1 heterocycles. The van der Waals surface area contributed by atoms with Crippen LogP contribution in [-0.4, -0.2) is 29.5 Å². The van der Waals surface area contributed by atoms with Crippen LogP contribution < -0.4 is 0 Å². The molecule has 0 saturated carbocycles. The number of rotatable bonds is 3. The van der Waals surface area contributed by atoms with Crippen molar-refractivity contribution in [1.82, 2.24) is 4.90 Å². The van der Waals surface area contributed by atoms with Gasteiger partial charge in [0.2, 0.25) is 0 Å². The van der Waals surface area contributed by atoms with Crippen molar-refractivity contribution in [2.45, 2.75) is 52.6 Å². The van der Waals surface area contributed by atoms with E-state index in [4.69, 9.17) is 4.74 Å². The second kappa shape index (κ2) is 5.19. The third kappa shape index (κ3) is 2.98. The smallest absolute Gasteiger partial charge is 0.253 e. The largest absolute Gasteiger partial charge is 0.501 e. The van der Waals surface area contributed by atoms with Gasteiger partial charge in [0.1, 0.15) is 0 Å². The van der Waals surface area contributed by atoms with Crippen molar-refractivity contribution in [3.8, 4) is 0 Å². The molecule has 1 amide bonds. The summed E-state index contributed by atoms with van der Waals surface area (Å²) in [6.07, 6.45) is 3.42. The van der Waals surface area contributed by atoms with E-state index in [1.54, 1.807) is 6.26 Å². The van der Waals surface area contributed by atoms with E-state index in [1.165, 1.54) is 0 Å². The van der Waals surface area contributed by atoms with Gasteiger partial charge in [-0.25, -0.2) is 0 Å². The first-order valence-corrected chi connectivity index (χ1v) is 5.67. The Morgan fingerprint density at radius 1 is 1.33 bits per heavy atom. The van der Waals surface area contributed by atoms with E-state index in [1.807, 2.05) is 32.6 Å². The predicted molar refractivity (Wildman–Crippen MR) is 60.4 cm³/mol. The molecule has 0 atom stereocenters. The molecule has 15 heavy (non-hydrogen) atoms. The zero-order valence-electron chi connectivity index (χ0n) is 10.1. The Hall–Kier alpha value is -0.990. The lowest BCUT2D eigenvalue weighted by Crippen LogP contribution is -2.43. The van der Waals surface area contributed by atoms with Crippen LogP contribution in [0.5, 0.6) is 0 Å². The highest BCUT2D eigenvalue weighted by Crippen LogP contribution is 2.17. The summed E-state index contributed by atoms with van der Waals surface area (Å²) in [5.74, 6) is 0.125. The Morgan fingerprint density at radius 2 is 1.93 bits per heavy atom.